The zero-order chi connectivity index (χ0) is 19.2. The van der Waals surface area contributed by atoms with Crippen molar-refractivity contribution < 1.29 is 14.6 Å². The number of unbranched alkanes of at least 4 members (excludes halogenated alkanes) is 1. The molecule has 140 valence electrons. The van der Waals surface area contributed by atoms with Crippen molar-refractivity contribution in [1.29, 1.82) is 0 Å². The Labute approximate surface area is 156 Å². The van der Waals surface area contributed by atoms with Crippen LogP contribution in [0.3, 0.4) is 0 Å². The highest BCUT2D eigenvalue weighted by atomic mass is 16.7. The lowest BCUT2D eigenvalue weighted by Crippen LogP contribution is -2.23. The molecule has 27 heavy (non-hydrogen) atoms. The van der Waals surface area contributed by atoms with Crippen molar-refractivity contribution in [2.24, 2.45) is 16.2 Å². The maximum atomic E-state index is 12.3. The number of nitrogens with zero attached hydrogens (tertiary/aromatic N) is 4. The summed E-state index contributed by atoms with van der Waals surface area (Å²) in [6.07, 6.45) is 1.94. The second-order valence-electron chi connectivity index (χ2n) is 6.25. The maximum Gasteiger partial charge on any atom is 0.286 e. The lowest BCUT2D eigenvalue weighted by molar-refractivity contribution is -0.453. The summed E-state index contributed by atoms with van der Waals surface area (Å²) < 4.78 is 0. The van der Waals surface area contributed by atoms with Gasteiger partial charge in [-0.1, -0.05) is 48.0 Å². The number of rotatable bonds is 7. The molecule has 0 saturated heterocycles. The van der Waals surface area contributed by atoms with Crippen LogP contribution in [0.4, 0.5) is 11.4 Å². The number of hydrogen-bond acceptors (Lipinski definition) is 6. The van der Waals surface area contributed by atoms with Crippen LogP contribution in [0.1, 0.15) is 31.7 Å². The Morgan fingerprint density at radius 1 is 1.07 bits per heavy atom. The van der Waals surface area contributed by atoms with Gasteiger partial charge in [0, 0.05) is 34.9 Å². The van der Waals surface area contributed by atoms with Gasteiger partial charge in [0.2, 0.25) is 5.69 Å². The number of nitro benzene ring substituents is 1. The topological polar surface area (TPSA) is 103 Å². The van der Waals surface area contributed by atoms with Gasteiger partial charge < -0.3 is 10.0 Å². The summed E-state index contributed by atoms with van der Waals surface area (Å²) in [5.41, 5.74) is 1.82. The van der Waals surface area contributed by atoms with Crippen LogP contribution < -0.4 is 0 Å². The Kier molecular flexibility index (Phi) is 5.75. The van der Waals surface area contributed by atoms with E-state index in [1.54, 1.807) is 36.4 Å². The minimum atomic E-state index is -0.723. The lowest BCUT2D eigenvalue weighted by atomic mass is 9.91. The summed E-state index contributed by atoms with van der Waals surface area (Å²) in [4.78, 5) is 16.4. The molecule has 0 unspecified atom stereocenters. The predicted molar refractivity (Wildman–Crippen MR) is 99.7 cm³/mol. The minimum Gasteiger partial charge on any atom is -0.594 e. The second-order valence-corrected chi connectivity index (χ2v) is 6.25. The predicted octanol–water partition coefficient (Wildman–Crippen LogP) is 4.76. The van der Waals surface area contributed by atoms with Crippen LogP contribution in [0.2, 0.25) is 0 Å². The average molecular weight is 368 g/mol. The molecule has 1 aliphatic rings. The van der Waals surface area contributed by atoms with Crippen LogP contribution in [-0.2, 0) is 4.84 Å². The first-order valence-corrected chi connectivity index (χ1v) is 8.81. The molecule has 1 heterocycles. The first-order valence-electron chi connectivity index (χ1n) is 8.81. The molecule has 0 fully saturated rings. The number of azo groups is 1. The van der Waals surface area contributed by atoms with Crippen molar-refractivity contribution in [3.63, 3.8) is 0 Å². The highest BCUT2D eigenvalue weighted by Crippen LogP contribution is 2.30. The van der Waals surface area contributed by atoms with Gasteiger partial charge in [-0.2, -0.15) is 0 Å². The van der Waals surface area contributed by atoms with Crippen LogP contribution in [0, 0.1) is 21.2 Å². The van der Waals surface area contributed by atoms with Gasteiger partial charge in [0.15, 0.2) is 0 Å². The van der Waals surface area contributed by atoms with Crippen LogP contribution in [0.25, 0.3) is 0 Å². The van der Waals surface area contributed by atoms with Gasteiger partial charge in [0.05, 0.1) is 16.6 Å². The van der Waals surface area contributed by atoms with E-state index in [4.69, 9.17) is 4.84 Å². The van der Waals surface area contributed by atoms with Crippen molar-refractivity contribution in [3.05, 3.63) is 75.5 Å². The van der Waals surface area contributed by atoms with Crippen molar-refractivity contribution >= 4 is 17.1 Å². The van der Waals surface area contributed by atoms with E-state index in [2.05, 4.69) is 17.2 Å². The number of benzene rings is 2. The van der Waals surface area contributed by atoms with Gasteiger partial charge in [-0.3, -0.25) is 10.1 Å². The molecule has 0 aromatic heterocycles. The highest BCUT2D eigenvalue weighted by Gasteiger charge is 2.37. The standard InChI is InChI=1S/C19H20N4O4/c1-2-3-9-17-18(14-10-12-16(13-11-14)23(25)26)21-27-19(17)20-22(24)15-7-5-4-6-8-15/h4-8,10-13,17,19H,2-3,9H2,1H3/b22-20-/t17-,19+/m1/s1. The van der Waals surface area contributed by atoms with Gasteiger partial charge >= 0.3 is 0 Å². The van der Waals surface area contributed by atoms with Crippen LogP contribution in [0.5, 0.6) is 0 Å². The Morgan fingerprint density at radius 3 is 2.41 bits per heavy atom. The molecule has 0 saturated carbocycles. The summed E-state index contributed by atoms with van der Waals surface area (Å²) in [5, 5.41) is 31.4. The van der Waals surface area contributed by atoms with E-state index in [0.717, 1.165) is 24.8 Å². The molecule has 0 N–H and O–H groups in total. The fraction of sp³-hybridized carbons (Fsp3) is 0.316. The molecular formula is C19H20N4O4. The summed E-state index contributed by atoms with van der Waals surface area (Å²) in [6, 6.07) is 14.9. The summed E-state index contributed by atoms with van der Waals surface area (Å²) in [5.74, 6) is -0.188. The zero-order valence-corrected chi connectivity index (χ0v) is 14.9. The molecule has 0 bridgehead atoms. The van der Waals surface area contributed by atoms with E-state index in [1.807, 2.05) is 6.07 Å². The van der Waals surface area contributed by atoms with E-state index in [0.29, 0.717) is 16.3 Å². The van der Waals surface area contributed by atoms with E-state index >= 15 is 0 Å². The number of nitro groups is 1. The van der Waals surface area contributed by atoms with Crippen molar-refractivity contribution in [2.75, 3.05) is 0 Å². The molecular weight excluding hydrogens is 348 g/mol. The van der Waals surface area contributed by atoms with Crippen molar-refractivity contribution in [3.8, 4) is 0 Å². The molecule has 2 atom stereocenters. The Bertz CT molecular complexity index is 850. The normalized spacial score (nSPS) is 19.4. The van der Waals surface area contributed by atoms with Gasteiger partial charge in [-0.25, -0.2) is 0 Å². The Balaban J connectivity index is 1.84. The smallest absolute Gasteiger partial charge is 0.286 e. The first kappa shape index (κ1) is 18.5. The third-order valence-electron chi connectivity index (χ3n) is 4.39. The average Bonchev–Trinajstić information content (AvgIpc) is 3.09. The van der Waals surface area contributed by atoms with Gasteiger partial charge in [-0.05, 0) is 18.6 Å². The third kappa shape index (κ3) is 4.28. The van der Waals surface area contributed by atoms with Crippen molar-refractivity contribution in [1.82, 2.24) is 0 Å². The molecule has 2 aromatic rings. The second kappa shape index (κ2) is 8.39. The third-order valence-corrected chi connectivity index (χ3v) is 4.39. The Morgan fingerprint density at radius 2 is 1.78 bits per heavy atom. The molecule has 1 aliphatic heterocycles. The van der Waals surface area contributed by atoms with E-state index in [9.17, 15) is 15.3 Å². The van der Waals surface area contributed by atoms with E-state index in [-0.39, 0.29) is 11.6 Å². The Hall–Kier alpha value is -3.29. The molecule has 0 spiro atoms. The number of non-ortho nitro benzene ring substituents is 1. The fourth-order valence-electron chi connectivity index (χ4n) is 2.94. The van der Waals surface area contributed by atoms with Gasteiger partial charge in [-0.15, -0.1) is 0 Å². The number of hydrogen-bond donors (Lipinski definition) is 0. The monoisotopic (exact) mass is 368 g/mol. The summed E-state index contributed by atoms with van der Waals surface area (Å²) in [6.45, 7) is 2.08. The number of para-hydroxylation sites is 1. The first-order chi connectivity index (χ1) is 13.1. The molecule has 8 nitrogen and oxygen atoms in total. The fourth-order valence-corrected chi connectivity index (χ4v) is 2.94. The van der Waals surface area contributed by atoms with Gasteiger partial charge in [0.25, 0.3) is 11.9 Å². The molecule has 2 aromatic carbocycles. The molecule has 3 rings (SSSR count). The zero-order valence-electron chi connectivity index (χ0n) is 14.9. The van der Waals surface area contributed by atoms with Gasteiger partial charge in [0.1, 0.15) is 0 Å². The quantitative estimate of drug-likeness (QED) is 0.304. The van der Waals surface area contributed by atoms with E-state index in [1.165, 1.54) is 12.1 Å². The molecule has 0 amide bonds. The molecule has 0 aliphatic carbocycles. The lowest BCUT2D eigenvalue weighted by Gasteiger charge is -2.14. The maximum absolute atomic E-state index is 12.3. The van der Waals surface area contributed by atoms with Crippen LogP contribution in [0.15, 0.2) is 64.9 Å². The van der Waals surface area contributed by atoms with Crippen LogP contribution in [-0.4, -0.2) is 21.7 Å². The highest BCUT2D eigenvalue weighted by molar-refractivity contribution is 6.03. The van der Waals surface area contributed by atoms with Crippen LogP contribution >= 0.6 is 0 Å². The summed E-state index contributed by atoms with van der Waals surface area (Å²) in [7, 11) is 0. The summed E-state index contributed by atoms with van der Waals surface area (Å²) >= 11 is 0. The largest absolute Gasteiger partial charge is 0.594 e. The molecule has 0 radical (unpaired) electrons. The minimum absolute atomic E-state index is 0.0134. The SMILES string of the molecule is CCCC[C@@H]1C(c2ccc([N+](=O)[O-])cc2)=NO[C@@H]1/N=[N+](\[O-])c1ccccc1. The van der Waals surface area contributed by atoms with Crippen molar-refractivity contribution in [2.45, 2.75) is 32.4 Å². The number of oxime groups is 1. The van der Waals surface area contributed by atoms with E-state index < -0.39 is 11.2 Å². The molecule has 8 heteroatoms.